The van der Waals surface area contributed by atoms with Crippen LogP contribution in [0.2, 0.25) is 0 Å². The zero-order valence-electron chi connectivity index (χ0n) is 14.6. The normalized spacial score (nSPS) is 21.5. The molecule has 4 rings (SSSR count). The Morgan fingerprint density at radius 2 is 1.97 bits per heavy atom. The topological polar surface area (TPSA) is 201 Å². The van der Waals surface area contributed by atoms with E-state index in [1.54, 1.807) is 0 Å². The highest BCUT2D eigenvalue weighted by Gasteiger charge is 2.35. The maximum absolute atomic E-state index is 12.3. The van der Waals surface area contributed by atoms with Gasteiger partial charge in [-0.1, -0.05) is 5.21 Å². The molecule has 0 spiro atoms. The van der Waals surface area contributed by atoms with Gasteiger partial charge in [0.05, 0.1) is 24.5 Å². The fourth-order valence-corrected chi connectivity index (χ4v) is 3.01. The molecule has 0 bridgehead atoms. The number of hydrogen-bond acceptors (Lipinski definition) is 9. The number of nitrogens with zero attached hydrogens (tertiary/aromatic N) is 4. The van der Waals surface area contributed by atoms with E-state index in [0.29, 0.717) is 0 Å². The van der Waals surface area contributed by atoms with Crippen LogP contribution in [0.25, 0.3) is 16.9 Å². The van der Waals surface area contributed by atoms with E-state index >= 15 is 0 Å². The van der Waals surface area contributed by atoms with E-state index in [1.165, 1.54) is 12.4 Å². The van der Waals surface area contributed by atoms with Crippen molar-refractivity contribution >= 4 is 0 Å². The van der Waals surface area contributed by atoms with Gasteiger partial charge in [0.1, 0.15) is 23.7 Å². The molecule has 1 saturated heterocycles. The van der Waals surface area contributed by atoms with Gasteiger partial charge < -0.3 is 19.9 Å². The Hall–Kier alpha value is -3.62. The summed E-state index contributed by atoms with van der Waals surface area (Å²) in [6, 6.07) is 0. The molecule has 0 aromatic carbocycles. The van der Waals surface area contributed by atoms with Crippen molar-refractivity contribution in [3.8, 4) is 16.9 Å². The van der Waals surface area contributed by atoms with Crippen molar-refractivity contribution in [1.29, 1.82) is 0 Å². The summed E-state index contributed by atoms with van der Waals surface area (Å²) in [4.78, 5) is 53.9. The molecule has 3 aromatic heterocycles. The number of aliphatic hydroxyl groups is 2. The molecule has 1 aliphatic rings. The van der Waals surface area contributed by atoms with E-state index in [1.807, 2.05) is 4.98 Å². The van der Waals surface area contributed by atoms with Crippen LogP contribution in [0.5, 0.6) is 0 Å². The highest BCUT2D eigenvalue weighted by atomic mass is 16.5. The summed E-state index contributed by atoms with van der Waals surface area (Å²) >= 11 is 0. The van der Waals surface area contributed by atoms with Crippen molar-refractivity contribution in [3.05, 3.63) is 60.3 Å². The van der Waals surface area contributed by atoms with Gasteiger partial charge in [-0.05, 0) is 0 Å². The summed E-state index contributed by atoms with van der Waals surface area (Å²) in [5.41, 5.74) is -2.95. The SMILES string of the molecule is O=c1[nH]cc(-n2cc(-c3cn([C@H]4C[C@H](O)[C@@H](CO)O4)c(=O)[nH]c3=O)nn2)c(=O)[nH]1. The van der Waals surface area contributed by atoms with Gasteiger partial charge in [0, 0.05) is 18.8 Å². The molecule has 0 saturated carbocycles. The van der Waals surface area contributed by atoms with Crippen molar-refractivity contribution < 1.29 is 14.9 Å². The van der Waals surface area contributed by atoms with Crippen molar-refractivity contribution in [2.24, 2.45) is 0 Å². The lowest BCUT2D eigenvalue weighted by Crippen LogP contribution is -2.33. The molecule has 1 fully saturated rings. The first kappa shape index (κ1) is 18.7. The number of aromatic nitrogens is 7. The Bertz CT molecular complexity index is 1280. The molecule has 29 heavy (non-hydrogen) atoms. The summed E-state index contributed by atoms with van der Waals surface area (Å²) in [5.74, 6) is 0. The standard InChI is InChI=1S/C15H15N7O7/c23-5-10-9(24)1-11(29-10)21-3-6(12(25)18-15(21)28)7-4-22(20-19-7)8-2-16-14(27)17-13(8)26/h2-4,9-11,23-24H,1,5H2,(H,18,25,28)(H2,16,17,26,27)/t9-,10+,11+/m0/s1. The zero-order chi connectivity index (χ0) is 20.7. The molecule has 0 amide bonds. The second-order valence-corrected chi connectivity index (χ2v) is 6.33. The van der Waals surface area contributed by atoms with Crippen LogP contribution in [-0.2, 0) is 4.74 Å². The van der Waals surface area contributed by atoms with E-state index < -0.39 is 47.5 Å². The van der Waals surface area contributed by atoms with Crippen LogP contribution in [0.3, 0.4) is 0 Å². The van der Waals surface area contributed by atoms with Gasteiger partial charge in [0.2, 0.25) is 0 Å². The van der Waals surface area contributed by atoms with Crippen molar-refractivity contribution in [1.82, 2.24) is 34.5 Å². The molecular formula is C15H15N7O7. The number of H-pyrrole nitrogens is 3. The van der Waals surface area contributed by atoms with Crippen LogP contribution >= 0.6 is 0 Å². The first-order valence-corrected chi connectivity index (χ1v) is 8.42. The Balaban J connectivity index is 1.74. The highest BCUT2D eigenvalue weighted by Crippen LogP contribution is 2.27. The van der Waals surface area contributed by atoms with Crippen LogP contribution < -0.4 is 22.5 Å². The molecular weight excluding hydrogens is 390 g/mol. The summed E-state index contributed by atoms with van der Waals surface area (Å²) in [6.07, 6.45) is 0.911. The second-order valence-electron chi connectivity index (χ2n) is 6.33. The minimum atomic E-state index is -0.972. The van der Waals surface area contributed by atoms with E-state index in [9.17, 15) is 29.4 Å². The first-order valence-electron chi connectivity index (χ1n) is 8.42. The molecule has 3 aromatic rings. The molecule has 3 atom stereocenters. The predicted molar refractivity (Wildman–Crippen MR) is 94.5 cm³/mol. The molecule has 0 radical (unpaired) electrons. The van der Waals surface area contributed by atoms with Crippen LogP contribution in [0.4, 0.5) is 0 Å². The molecule has 1 aliphatic heterocycles. The number of ether oxygens (including phenoxy) is 1. The molecule has 14 nitrogen and oxygen atoms in total. The number of rotatable bonds is 4. The maximum atomic E-state index is 12.3. The Morgan fingerprint density at radius 1 is 1.17 bits per heavy atom. The largest absolute Gasteiger partial charge is 0.394 e. The van der Waals surface area contributed by atoms with Gasteiger partial charge in [0.25, 0.3) is 11.1 Å². The molecule has 5 N–H and O–H groups in total. The van der Waals surface area contributed by atoms with E-state index in [-0.39, 0.29) is 23.4 Å². The minimum Gasteiger partial charge on any atom is -0.394 e. The van der Waals surface area contributed by atoms with Gasteiger partial charge in [0.15, 0.2) is 0 Å². The summed E-state index contributed by atoms with van der Waals surface area (Å²) in [7, 11) is 0. The van der Waals surface area contributed by atoms with Gasteiger partial charge in [-0.25, -0.2) is 14.3 Å². The summed E-state index contributed by atoms with van der Waals surface area (Å²) in [6.45, 7) is -0.426. The smallest absolute Gasteiger partial charge is 0.330 e. The van der Waals surface area contributed by atoms with Gasteiger partial charge in [-0.3, -0.25) is 24.1 Å². The Kier molecular flexibility index (Phi) is 4.57. The van der Waals surface area contributed by atoms with Crippen molar-refractivity contribution in [2.45, 2.75) is 24.9 Å². The number of aliphatic hydroxyl groups excluding tert-OH is 2. The fraction of sp³-hybridized carbons (Fsp3) is 0.333. The van der Waals surface area contributed by atoms with Gasteiger partial charge in [-0.2, -0.15) is 0 Å². The molecule has 14 heteroatoms. The third kappa shape index (κ3) is 3.35. The fourth-order valence-electron chi connectivity index (χ4n) is 3.01. The van der Waals surface area contributed by atoms with Crippen LogP contribution in [0, 0.1) is 0 Å². The number of aromatic amines is 3. The first-order chi connectivity index (χ1) is 13.9. The van der Waals surface area contributed by atoms with E-state index in [0.717, 1.165) is 15.4 Å². The van der Waals surface area contributed by atoms with Crippen LogP contribution in [0.15, 0.2) is 37.8 Å². The summed E-state index contributed by atoms with van der Waals surface area (Å²) in [5, 5.41) is 26.7. The van der Waals surface area contributed by atoms with Crippen LogP contribution in [-0.4, -0.2) is 63.5 Å². The molecule has 152 valence electrons. The van der Waals surface area contributed by atoms with Crippen molar-refractivity contribution in [3.63, 3.8) is 0 Å². The summed E-state index contributed by atoms with van der Waals surface area (Å²) < 4.78 is 7.57. The Labute approximate surface area is 159 Å². The minimum absolute atomic E-state index is 0.0378. The third-order valence-corrected chi connectivity index (χ3v) is 4.48. The number of nitrogens with one attached hydrogen (secondary N) is 3. The second kappa shape index (κ2) is 7.08. The molecule has 4 heterocycles. The Morgan fingerprint density at radius 3 is 2.66 bits per heavy atom. The average molecular weight is 405 g/mol. The number of hydrogen-bond donors (Lipinski definition) is 5. The van der Waals surface area contributed by atoms with Crippen molar-refractivity contribution in [2.75, 3.05) is 6.61 Å². The predicted octanol–water partition coefficient (Wildman–Crippen LogP) is -3.20. The lowest BCUT2D eigenvalue weighted by atomic mass is 10.2. The monoisotopic (exact) mass is 405 g/mol. The quantitative estimate of drug-likeness (QED) is 0.296. The van der Waals surface area contributed by atoms with Gasteiger partial charge in [-0.15, -0.1) is 5.10 Å². The molecule has 0 aliphatic carbocycles. The van der Waals surface area contributed by atoms with Gasteiger partial charge >= 0.3 is 11.4 Å². The van der Waals surface area contributed by atoms with E-state index in [4.69, 9.17) is 4.74 Å². The van der Waals surface area contributed by atoms with E-state index in [2.05, 4.69) is 20.3 Å². The zero-order valence-corrected chi connectivity index (χ0v) is 14.6. The molecule has 0 unspecified atom stereocenters. The lowest BCUT2D eigenvalue weighted by molar-refractivity contribution is -0.0458. The van der Waals surface area contributed by atoms with Crippen LogP contribution in [0.1, 0.15) is 12.6 Å². The maximum Gasteiger partial charge on any atom is 0.330 e. The third-order valence-electron chi connectivity index (χ3n) is 4.48. The lowest BCUT2D eigenvalue weighted by Gasteiger charge is -2.14. The highest BCUT2D eigenvalue weighted by molar-refractivity contribution is 5.55. The average Bonchev–Trinajstić information content (AvgIpc) is 3.28.